The summed E-state index contributed by atoms with van der Waals surface area (Å²) in [5, 5.41) is 7.96. The van der Waals surface area contributed by atoms with E-state index in [1.54, 1.807) is 13.0 Å². The first-order valence-corrected chi connectivity index (χ1v) is 2.72. The maximum absolute atomic E-state index is 7.96. The van der Waals surface area contributed by atoms with E-state index in [-0.39, 0.29) is 0 Å². The molecule has 0 aromatic heterocycles. The third-order valence-electron chi connectivity index (χ3n) is 0.556. The van der Waals surface area contributed by atoms with Crippen molar-refractivity contribution in [2.45, 2.75) is 6.92 Å². The number of rotatable bonds is 0. The van der Waals surface area contributed by atoms with E-state index in [4.69, 9.17) is 5.26 Å². The summed E-state index contributed by atoms with van der Waals surface area (Å²) in [6.07, 6.45) is 0. The Kier molecular flexibility index (Phi) is 6.13. The molecule has 0 unspecified atom stereocenters. The van der Waals surface area contributed by atoms with Gasteiger partial charge in [-0.05, 0) is 24.7 Å². The third kappa shape index (κ3) is 7.73. The van der Waals surface area contributed by atoms with Gasteiger partial charge in [0.25, 0.3) is 0 Å². The van der Waals surface area contributed by atoms with Crippen LogP contribution in [0.5, 0.6) is 0 Å². The van der Waals surface area contributed by atoms with Crippen LogP contribution in [0.15, 0.2) is 0 Å². The minimum atomic E-state index is 1.63. The fraction of sp³-hybridized carbons (Fsp3) is 0.100. The molecule has 0 atom stereocenters. The molecule has 0 N–H and O–H groups in total. The lowest BCUT2D eigenvalue weighted by Gasteiger charge is -1.53. The minimum Gasteiger partial charge on any atom is -0.183 e. The molecule has 0 aliphatic carbocycles. The van der Waals surface area contributed by atoms with E-state index in [1.807, 2.05) is 0 Å². The Hall–Kier alpha value is -2.27. The molecule has 0 aliphatic rings. The Morgan fingerprint density at radius 1 is 0.727 bits per heavy atom. The fourth-order valence-corrected chi connectivity index (χ4v) is 0.247. The zero-order valence-electron chi connectivity index (χ0n) is 5.95. The second-order valence-corrected chi connectivity index (χ2v) is 1.24. The van der Waals surface area contributed by atoms with Crippen molar-refractivity contribution in [1.82, 2.24) is 0 Å². The average Bonchev–Trinajstić information content (AvgIpc) is 2.03. The Bertz CT molecular complexity index is 391. The largest absolute Gasteiger partial charge is 0.183 e. The summed E-state index contributed by atoms with van der Waals surface area (Å²) < 4.78 is 0. The van der Waals surface area contributed by atoms with Gasteiger partial charge in [0.1, 0.15) is 0 Å². The van der Waals surface area contributed by atoms with Crippen molar-refractivity contribution in [3.05, 3.63) is 0 Å². The van der Waals surface area contributed by atoms with Crippen LogP contribution in [0.2, 0.25) is 0 Å². The highest BCUT2D eigenvalue weighted by molar-refractivity contribution is 5.41. The molecule has 0 aromatic rings. The molecule has 0 saturated heterocycles. The number of hydrogen-bond acceptors (Lipinski definition) is 1. The molecular formula is C10H3N. The predicted molar refractivity (Wildman–Crippen MR) is 42.4 cm³/mol. The minimum absolute atomic E-state index is 1.63. The summed E-state index contributed by atoms with van der Waals surface area (Å²) in [6, 6.07) is 1.63. The van der Waals surface area contributed by atoms with Crippen LogP contribution >= 0.6 is 0 Å². The fourth-order valence-electron chi connectivity index (χ4n) is 0.247. The van der Waals surface area contributed by atoms with Crippen LogP contribution in [-0.4, -0.2) is 0 Å². The Labute approximate surface area is 66.4 Å². The highest BCUT2D eigenvalue weighted by atomic mass is 14.2. The normalized spacial score (nSPS) is 3.64. The van der Waals surface area contributed by atoms with Gasteiger partial charge >= 0.3 is 0 Å². The maximum atomic E-state index is 7.96. The molecule has 0 amide bonds. The number of nitriles is 1. The summed E-state index contributed by atoms with van der Waals surface area (Å²) in [6.45, 7) is 1.69. The van der Waals surface area contributed by atoms with Crippen molar-refractivity contribution in [3.8, 4) is 53.4 Å². The highest BCUT2D eigenvalue weighted by Gasteiger charge is 1.54. The van der Waals surface area contributed by atoms with E-state index < -0.39 is 0 Å². The quantitative estimate of drug-likeness (QED) is 0.447. The van der Waals surface area contributed by atoms with Gasteiger partial charge in [-0.1, -0.05) is 5.92 Å². The van der Waals surface area contributed by atoms with Crippen LogP contribution in [0.3, 0.4) is 0 Å². The summed E-state index contributed by atoms with van der Waals surface area (Å²) in [5.74, 6) is 19.2. The summed E-state index contributed by atoms with van der Waals surface area (Å²) in [4.78, 5) is 0. The first-order valence-electron chi connectivity index (χ1n) is 2.72. The van der Waals surface area contributed by atoms with Crippen molar-refractivity contribution >= 4 is 0 Å². The molecule has 0 radical (unpaired) electrons. The van der Waals surface area contributed by atoms with E-state index in [1.165, 1.54) is 0 Å². The van der Waals surface area contributed by atoms with Gasteiger partial charge < -0.3 is 0 Å². The van der Waals surface area contributed by atoms with Gasteiger partial charge in [-0.25, -0.2) is 0 Å². The van der Waals surface area contributed by atoms with Crippen LogP contribution in [0, 0.1) is 58.7 Å². The molecule has 0 aliphatic heterocycles. The second-order valence-electron chi connectivity index (χ2n) is 1.24. The first kappa shape index (κ1) is 8.73. The zero-order valence-corrected chi connectivity index (χ0v) is 5.95. The smallest absolute Gasteiger partial charge is 0.153 e. The lowest BCUT2D eigenvalue weighted by atomic mass is 10.5. The highest BCUT2D eigenvalue weighted by Crippen LogP contribution is 1.54. The lowest BCUT2D eigenvalue weighted by Crippen LogP contribution is -1.52. The van der Waals surface area contributed by atoms with E-state index in [2.05, 4.69) is 47.4 Å². The molecule has 0 rings (SSSR count). The maximum Gasteiger partial charge on any atom is 0.153 e. The monoisotopic (exact) mass is 137 g/mol. The van der Waals surface area contributed by atoms with Gasteiger partial charge in [-0.3, -0.25) is 0 Å². The molecule has 0 saturated carbocycles. The van der Waals surface area contributed by atoms with Gasteiger partial charge in [-0.15, -0.1) is 0 Å². The standard InChI is InChI=1S/C10H3N/c1-2-3-4-5-6-7-8-9-10-11/h1H3. The Balaban J connectivity index is 4.04. The summed E-state index contributed by atoms with van der Waals surface area (Å²) >= 11 is 0. The van der Waals surface area contributed by atoms with Crippen LogP contribution in [0.25, 0.3) is 0 Å². The van der Waals surface area contributed by atoms with Gasteiger partial charge in [0.05, 0.1) is 0 Å². The van der Waals surface area contributed by atoms with Gasteiger partial charge in [-0.2, -0.15) is 5.26 Å². The Morgan fingerprint density at radius 3 is 1.64 bits per heavy atom. The molecule has 1 heteroatoms. The first-order chi connectivity index (χ1) is 5.41. The van der Waals surface area contributed by atoms with E-state index in [0.29, 0.717) is 0 Å². The predicted octanol–water partition coefficient (Wildman–Crippen LogP) is 0.543. The summed E-state index contributed by atoms with van der Waals surface area (Å²) in [7, 11) is 0. The summed E-state index contributed by atoms with van der Waals surface area (Å²) in [5.41, 5.74) is 0. The van der Waals surface area contributed by atoms with Crippen LogP contribution in [0.4, 0.5) is 0 Å². The average molecular weight is 137 g/mol. The van der Waals surface area contributed by atoms with Crippen molar-refractivity contribution in [2.24, 2.45) is 0 Å². The molecule has 48 valence electrons. The molecule has 0 fully saturated rings. The van der Waals surface area contributed by atoms with Crippen LogP contribution < -0.4 is 0 Å². The van der Waals surface area contributed by atoms with E-state index in [0.717, 1.165) is 0 Å². The van der Waals surface area contributed by atoms with E-state index >= 15 is 0 Å². The number of nitrogens with zero attached hydrogens (tertiary/aromatic N) is 1. The second kappa shape index (κ2) is 7.73. The lowest BCUT2D eigenvalue weighted by molar-refractivity contribution is 1.55. The van der Waals surface area contributed by atoms with Crippen LogP contribution in [0.1, 0.15) is 6.92 Å². The van der Waals surface area contributed by atoms with Crippen molar-refractivity contribution < 1.29 is 0 Å². The topological polar surface area (TPSA) is 23.8 Å². The molecule has 0 aromatic carbocycles. The SMILES string of the molecule is CC#CC#CC#CC#CC#N. The number of hydrogen-bond donors (Lipinski definition) is 0. The molecule has 0 spiro atoms. The van der Waals surface area contributed by atoms with Crippen molar-refractivity contribution in [1.29, 1.82) is 5.26 Å². The van der Waals surface area contributed by atoms with Crippen LogP contribution in [-0.2, 0) is 0 Å². The van der Waals surface area contributed by atoms with Gasteiger partial charge in [0.2, 0.25) is 0 Å². The van der Waals surface area contributed by atoms with Gasteiger partial charge in [0.15, 0.2) is 6.07 Å². The van der Waals surface area contributed by atoms with Gasteiger partial charge in [0, 0.05) is 23.7 Å². The van der Waals surface area contributed by atoms with E-state index in [9.17, 15) is 0 Å². The Morgan fingerprint density at radius 2 is 1.18 bits per heavy atom. The molecule has 1 nitrogen and oxygen atoms in total. The molecule has 0 bridgehead atoms. The molecule has 11 heavy (non-hydrogen) atoms. The third-order valence-corrected chi connectivity index (χ3v) is 0.556. The van der Waals surface area contributed by atoms with Crippen molar-refractivity contribution in [2.75, 3.05) is 0 Å². The zero-order chi connectivity index (χ0) is 8.36. The molecule has 0 heterocycles. The van der Waals surface area contributed by atoms with Crippen molar-refractivity contribution in [3.63, 3.8) is 0 Å². The molecular weight excluding hydrogens is 134 g/mol.